The van der Waals surface area contributed by atoms with Crippen LogP contribution in [0.15, 0.2) is 76.6 Å². The van der Waals surface area contributed by atoms with Crippen molar-refractivity contribution in [1.29, 1.82) is 0 Å². The van der Waals surface area contributed by atoms with E-state index in [4.69, 9.17) is 14.2 Å². The van der Waals surface area contributed by atoms with Crippen molar-refractivity contribution in [3.8, 4) is 11.5 Å². The first-order chi connectivity index (χ1) is 18.3. The number of esters is 1. The van der Waals surface area contributed by atoms with Gasteiger partial charge in [0, 0.05) is 31.3 Å². The van der Waals surface area contributed by atoms with Crippen LogP contribution in [0.5, 0.6) is 11.5 Å². The Morgan fingerprint density at radius 3 is 2.42 bits per heavy atom. The van der Waals surface area contributed by atoms with Gasteiger partial charge in [0.1, 0.15) is 6.54 Å². The molecule has 196 valence electrons. The van der Waals surface area contributed by atoms with Crippen molar-refractivity contribution in [1.82, 2.24) is 8.87 Å². The number of carbonyl (C=O) groups is 2. The van der Waals surface area contributed by atoms with Gasteiger partial charge in [-0.2, -0.15) is 9.30 Å². The van der Waals surface area contributed by atoms with E-state index in [2.05, 4.69) is 4.99 Å². The molecule has 0 atom stereocenters. The van der Waals surface area contributed by atoms with Crippen molar-refractivity contribution in [3.05, 3.63) is 82.7 Å². The molecule has 3 aromatic carbocycles. The lowest BCUT2D eigenvalue weighted by Crippen LogP contribution is -2.26. The SMILES string of the molecule is COC(=O)Cn1c(=NC(=O)c2ccc(S(=O)(=O)N(C)Cc3ccccc3)cc2)sc2cc3c(cc21)OCO3. The largest absolute Gasteiger partial charge is 0.468 e. The molecular weight excluding hydrogens is 530 g/mol. The number of rotatable bonds is 7. The fraction of sp³-hybridized carbons (Fsp3) is 0.192. The lowest BCUT2D eigenvalue weighted by atomic mass is 10.2. The van der Waals surface area contributed by atoms with Gasteiger partial charge in [0.05, 0.1) is 22.2 Å². The topological polar surface area (TPSA) is 117 Å². The molecule has 0 radical (unpaired) electrons. The van der Waals surface area contributed by atoms with Gasteiger partial charge in [0.2, 0.25) is 16.8 Å². The summed E-state index contributed by atoms with van der Waals surface area (Å²) < 4.78 is 45.3. The van der Waals surface area contributed by atoms with Crippen LogP contribution >= 0.6 is 11.3 Å². The molecule has 0 fully saturated rings. The van der Waals surface area contributed by atoms with E-state index in [9.17, 15) is 18.0 Å². The van der Waals surface area contributed by atoms with Gasteiger partial charge in [0.15, 0.2) is 16.3 Å². The van der Waals surface area contributed by atoms with Crippen molar-refractivity contribution in [2.75, 3.05) is 21.0 Å². The number of hydrogen-bond acceptors (Lipinski definition) is 8. The molecule has 0 aliphatic carbocycles. The average molecular weight is 554 g/mol. The zero-order chi connectivity index (χ0) is 26.9. The summed E-state index contributed by atoms with van der Waals surface area (Å²) in [7, 11) is -0.987. The Kier molecular flexibility index (Phi) is 7.02. The number of sulfonamides is 1. The average Bonchev–Trinajstić information content (AvgIpc) is 3.51. The van der Waals surface area contributed by atoms with Gasteiger partial charge in [-0.25, -0.2) is 8.42 Å². The maximum absolute atomic E-state index is 13.0. The van der Waals surface area contributed by atoms with E-state index in [-0.39, 0.29) is 35.1 Å². The van der Waals surface area contributed by atoms with E-state index in [0.717, 1.165) is 10.3 Å². The van der Waals surface area contributed by atoms with Crippen molar-refractivity contribution in [2.45, 2.75) is 18.0 Å². The molecule has 1 aliphatic rings. The fourth-order valence-electron chi connectivity index (χ4n) is 3.92. The molecule has 0 bridgehead atoms. The molecule has 4 aromatic rings. The molecular formula is C26H23N3O7S2. The number of nitrogens with zero attached hydrogens (tertiary/aromatic N) is 3. The Morgan fingerprint density at radius 2 is 1.74 bits per heavy atom. The van der Waals surface area contributed by atoms with Crippen LogP contribution < -0.4 is 14.3 Å². The van der Waals surface area contributed by atoms with E-state index in [1.54, 1.807) is 16.7 Å². The highest BCUT2D eigenvalue weighted by molar-refractivity contribution is 7.89. The first-order valence-corrected chi connectivity index (χ1v) is 13.7. The number of methoxy groups -OCH3 is 1. The summed E-state index contributed by atoms with van der Waals surface area (Å²) in [5.41, 5.74) is 1.70. The van der Waals surface area contributed by atoms with Gasteiger partial charge in [-0.1, -0.05) is 41.7 Å². The molecule has 38 heavy (non-hydrogen) atoms. The van der Waals surface area contributed by atoms with Gasteiger partial charge < -0.3 is 18.8 Å². The monoisotopic (exact) mass is 553 g/mol. The third kappa shape index (κ3) is 5.05. The Hall–Kier alpha value is -4.00. The molecule has 1 aliphatic heterocycles. The number of amides is 1. The summed E-state index contributed by atoms with van der Waals surface area (Å²) in [6.07, 6.45) is 0. The minimum atomic E-state index is -3.77. The van der Waals surface area contributed by atoms with Crippen molar-refractivity contribution < 1.29 is 32.2 Å². The van der Waals surface area contributed by atoms with E-state index in [1.807, 2.05) is 30.3 Å². The number of thiazole rings is 1. The normalized spacial score (nSPS) is 13.3. The first-order valence-electron chi connectivity index (χ1n) is 11.5. The predicted molar refractivity (Wildman–Crippen MR) is 139 cm³/mol. The third-order valence-corrected chi connectivity index (χ3v) is 8.81. The third-order valence-electron chi connectivity index (χ3n) is 5.95. The van der Waals surface area contributed by atoms with E-state index in [0.29, 0.717) is 17.0 Å². The maximum atomic E-state index is 13.0. The van der Waals surface area contributed by atoms with Crippen molar-refractivity contribution >= 4 is 43.5 Å². The number of carbonyl (C=O) groups excluding carboxylic acids is 2. The van der Waals surface area contributed by atoms with Gasteiger partial charge in [-0.3, -0.25) is 9.59 Å². The van der Waals surface area contributed by atoms with Crippen LogP contribution in [0.2, 0.25) is 0 Å². The summed E-state index contributed by atoms with van der Waals surface area (Å²) in [5, 5.41) is 0. The second-order valence-corrected chi connectivity index (χ2v) is 11.5. The molecule has 2 heterocycles. The zero-order valence-corrected chi connectivity index (χ0v) is 22.1. The highest BCUT2D eigenvalue weighted by atomic mass is 32.2. The molecule has 0 saturated carbocycles. The zero-order valence-electron chi connectivity index (χ0n) is 20.5. The Balaban J connectivity index is 1.44. The van der Waals surface area contributed by atoms with Crippen LogP contribution in [0, 0.1) is 0 Å². The molecule has 0 unspecified atom stereocenters. The molecule has 12 heteroatoms. The smallest absolute Gasteiger partial charge is 0.325 e. The minimum absolute atomic E-state index is 0.0598. The lowest BCUT2D eigenvalue weighted by molar-refractivity contribution is -0.141. The number of hydrogen-bond donors (Lipinski definition) is 0. The predicted octanol–water partition coefficient (Wildman–Crippen LogP) is 3.17. The number of fused-ring (bicyclic) bond motifs is 2. The van der Waals surface area contributed by atoms with Gasteiger partial charge >= 0.3 is 5.97 Å². The molecule has 1 amide bonds. The summed E-state index contributed by atoms with van der Waals surface area (Å²) >= 11 is 1.21. The summed E-state index contributed by atoms with van der Waals surface area (Å²) in [6.45, 7) is 0.158. The molecule has 0 saturated heterocycles. The Bertz CT molecular complexity index is 1690. The summed E-state index contributed by atoms with van der Waals surface area (Å²) in [6, 6.07) is 18.4. The molecule has 5 rings (SSSR count). The Labute approximate surface area is 222 Å². The highest BCUT2D eigenvalue weighted by Gasteiger charge is 2.22. The first kappa shape index (κ1) is 25.6. The van der Waals surface area contributed by atoms with Crippen LogP contribution in [-0.2, 0) is 32.6 Å². The second-order valence-electron chi connectivity index (χ2n) is 8.41. The molecule has 0 N–H and O–H groups in total. The van der Waals surface area contributed by atoms with Crippen LogP contribution in [0.4, 0.5) is 0 Å². The summed E-state index contributed by atoms with van der Waals surface area (Å²) in [5.74, 6) is -0.000975. The standard InChI is InChI=1S/C26H23N3O7S2/c1-28(14-17-6-4-3-5-7-17)38(32,33)19-10-8-18(9-11-19)25(31)27-26-29(15-24(30)34-2)20-12-21-22(36-16-35-21)13-23(20)37-26/h3-13H,14-16H2,1-2H3. The molecule has 0 spiro atoms. The van der Waals surface area contributed by atoms with Crippen molar-refractivity contribution in [2.24, 2.45) is 4.99 Å². The van der Waals surface area contributed by atoms with Gasteiger partial charge in [-0.05, 0) is 29.8 Å². The quantitative estimate of drug-likeness (QED) is 0.323. The van der Waals surface area contributed by atoms with E-state index < -0.39 is 21.9 Å². The Morgan fingerprint density at radius 1 is 1.05 bits per heavy atom. The maximum Gasteiger partial charge on any atom is 0.325 e. The van der Waals surface area contributed by atoms with Gasteiger partial charge in [0.25, 0.3) is 5.91 Å². The van der Waals surface area contributed by atoms with Gasteiger partial charge in [-0.15, -0.1) is 0 Å². The number of ether oxygens (including phenoxy) is 3. The highest BCUT2D eigenvalue weighted by Crippen LogP contribution is 2.37. The van der Waals surface area contributed by atoms with Crippen LogP contribution in [0.25, 0.3) is 10.2 Å². The number of benzene rings is 3. The van der Waals surface area contributed by atoms with Crippen LogP contribution in [0.3, 0.4) is 0 Å². The number of aromatic nitrogens is 1. The summed E-state index contributed by atoms with van der Waals surface area (Å²) in [4.78, 5) is 29.7. The van der Waals surface area contributed by atoms with Crippen LogP contribution in [-0.4, -0.2) is 50.1 Å². The van der Waals surface area contributed by atoms with Crippen molar-refractivity contribution in [3.63, 3.8) is 0 Å². The van der Waals surface area contributed by atoms with E-state index in [1.165, 1.54) is 54.1 Å². The second kappa shape index (κ2) is 10.4. The lowest BCUT2D eigenvalue weighted by Gasteiger charge is -2.17. The van der Waals surface area contributed by atoms with Crippen LogP contribution in [0.1, 0.15) is 15.9 Å². The fourth-order valence-corrected chi connectivity index (χ4v) is 6.11. The molecule has 10 nitrogen and oxygen atoms in total. The van der Waals surface area contributed by atoms with E-state index >= 15 is 0 Å². The molecule has 1 aromatic heterocycles. The minimum Gasteiger partial charge on any atom is -0.468 e.